The number of nitrogens with zero attached hydrogens (tertiary/aromatic N) is 12. The zero-order chi connectivity index (χ0) is 76.3. The minimum Gasteiger partial charge on any atom is -0.497 e. The number of nitrogens with one attached hydrogen (secondary N) is 6. The van der Waals surface area contributed by atoms with Gasteiger partial charge in [-0.3, -0.25) is 0 Å². The van der Waals surface area contributed by atoms with Gasteiger partial charge < -0.3 is 74.5 Å². The molecule has 0 spiro atoms. The maximum Gasteiger partial charge on any atom is 0.226 e. The fourth-order valence-electron chi connectivity index (χ4n) is 13.8. The Bertz CT molecular complexity index is 4660. The van der Waals surface area contributed by atoms with Gasteiger partial charge in [0.15, 0.2) is 69.1 Å². The number of benzene rings is 6. The predicted molar refractivity (Wildman–Crippen MR) is 408 cm³/mol. The summed E-state index contributed by atoms with van der Waals surface area (Å²) >= 11 is 0.250. The van der Waals surface area contributed by atoms with Crippen LogP contribution in [-0.2, 0) is 19.6 Å². The molecule has 32 heteroatoms. The molecule has 0 amide bonds. The number of hydrogen-bond acceptors (Lipinski definition) is 25. The van der Waals surface area contributed by atoms with Crippen molar-refractivity contribution in [3.05, 3.63) is 143 Å². The van der Waals surface area contributed by atoms with E-state index in [-0.39, 0.29) is 47.2 Å². The minimum atomic E-state index is -0.468. The van der Waals surface area contributed by atoms with Crippen LogP contribution in [0, 0.1) is 35.2 Å². The van der Waals surface area contributed by atoms with E-state index in [2.05, 4.69) is 52.7 Å². The lowest BCUT2D eigenvalue weighted by Crippen LogP contribution is -2.34. The smallest absolute Gasteiger partial charge is 0.226 e. The number of anilines is 3. The Morgan fingerprint density at radius 3 is 0.889 bits per heavy atom. The molecule has 6 aromatic heterocycles. The van der Waals surface area contributed by atoms with E-state index in [0.717, 1.165) is 92.7 Å². The first kappa shape index (κ1) is 76.9. The highest BCUT2D eigenvalue weighted by molar-refractivity contribution is 7.93. The Labute approximate surface area is 626 Å². The van der Waals surface area contributed by atoms with Crippen LogP contribution in [-0.4, -0.2) is 168 Å². The van der Waals surface area contributed by atoms with Crippen LogP contribution < -0.4 is 74.5 Å². The summed E-state index contributed by atoms with van der Waals surface area (Å²) < 4.78 is 107. The summed E-state index contributed by atoms with van der Waals surface area (Å²) in [6, 6.07) is 25.9. The SMILES string of the molecule is COc1ccc(CNc2nc3cc(OC)c(F)cc3c3nc(C4CNCC(C)C4)nn23)c(OC)c1.COc1ccc(CNc2nc3cc(OC)c(F)cc3c3nc(C4CNCC(C)C4)nn23)c(OC)c1.COc1ccc(CNc2nc3cc(OC)c(F)cc3c3nc(C4CNCC(C)C4)nn23)c(OC)c1.CSF. The van der Waals surface area contributed by atoms with Crippen LogP contribution in [0.5, 0.6) is 51.7 Å². The molecule has 15 rings (SSSR count). The molecule has 0 aliphatic carbocycles. The molecule has 9 heterocycles. The average Bonchev–Trinajstić information content (AvgIpc) is 1.56. The van der Waals surface area contributed by atoms with Crippen molar-refractivity contribution >= 4 is 79.6 Å². The number of ether oxygens (including phenoxy) is 9. The molecule has 0 saturated carbocycles. The number of piperidine rings is 3. The molecule has 6 aromatic carbocycles. The van der Waals surface area contributed by atoms with Crippen LogP contribution in [0.25, 0.3) is 49.7 Å². The van der Waals surface area contributed by atoms with E-state index in [1.54, 1.807) is 74.4 Å². The van der Waals surface area contributed by atoms with Gasteiger partial charge in [0.05, 0.1) is 80.5 Å². The second-order valence-corrected chi connectivity index (χ2v) is 27.1. The summed E-state index contributed by atoms with van der Waals surface area (Å²) in [6.07, 6.45) is 4.34. The first-order chi connectivity index (χ1) is 52.4. The molecule has 3 fully saturated rings. The van der Waals surface area contributed by atoms with Gasteiger partial charge in [0.2, 0.25) is 17.8 Å². The highest BCUT2D eigenvalue weighted by atomic mass is 32.2. The molecule has 108 heavy (non-hydrogen) atoms. The summed E-state index contributed by atoms with van der Waals surface area (Å²) in [5, 5.41) is 36.6. The lowest BCUT2D eigenvalue weighted by atomic mass is 9.91. The zero-order valence-corrected chi connectivity index (χ0v) is 63.4. The molecule has 6 unspecified atom stereocenters. The van der Waals surface area contributed by atoms with Gasteiger partial charge in [0.1, 0.15) is 34.5 Å². The Balaban J connectivity index is 0.000000148. The molecule has 3 aliphatic rings. The van der Waals surface area contributed by atoms with E-state index in [1.807, 2.05) is 54.6 Å². The van der Waals surface area contributed by atoms with E-state index >= 15 is 0 Å². The molecular weight excluding hydrogens is 1420 g/mol. The minimum absolute atomic E-state index is 0.127. The van der Waals surface area contributed by atoms with Crippen LogP contribution >= 0.6 is 12.1 Å². The van der Waals surface area contributed by atoms with E-state index in [9.17, 15) is 17.1 Å². The average molecular weight is 1510 g/mol. The Morgan fingerprint density at radius 2 is 0.648 bits per heavy atom. The number of rotatable bonds is 21. The van der Waals surface area contributed by atoms with Gasteiger partial charge in [-0.05, 0) is 111 Å². The maximum absolute atomic E-state index is 14.6. The van der Waals surface area contributed by atoms with Gasteiger partial charge in [0.25, 0.3) is 0 Å². The lowest BCUT2D eigenvalue weighted by Gasteiger charge is -2.25. The van der Waals surface area contributed by atoms with Crippen molar-refractivity contribution in [3.63, 3.8) is 0 Å². The van der Waals surface area contributed by atoms with Gasteiger partial charge in [-0.2, -0.15) is 17.4 Å². The molecular formula is C76H90F4N18O9S. The van der Waals surface area contributed by atoms with Gasteiger partial charge in [-0.1, -0.05) is 20.8 Å². The highest BCUT2D eigenvalue weighted by Gasteiger charge is 2.30. The molecule has 572 valence electrons. The van der Waals surface area contributed by atoms with Crippen LogP contribution in [0.1, 0.15) is 92.0 Å². The van der Waals surface area contributed by atoms with E-state index in [0.29, 0.717) is 139 Å². The fraction of sp³-hybridized carbons (Fsp3) is 0.408. The Hall–Kier alpha value is -10.7. The van der Waals surface area contributed by atoms with E-state index in [4.69, 9.17) is 87.8 Å². The topological polar surface area (TPSA) is 284 Å². The third-order valence-electron chi connectivity index (χ3n) is 19.3. The number of methoxy groups -OCH3 is 9. The molecule has 6 N–H and O–H groups in total. The van der Waals surface area contributed by atoms with Crippen LogP contribution in [0.2, 0.25) is 0 Å². The standard InChI is InChI=1S/3C25H29FN6O3.CH3FS/c3*1-14-7-16(12-27-11-14)23-30-24-18-9-19(26)22(35-4)10-20(18)29-25(32(24)31-23)28-13-15-5-6-17(33-2)8-21(15)34-3;1-3-2/h3*5-6,8-10,14,16,27H,7,11-13H2,1-4H3,(H,28,29);1H3. The predicted octanol–water partition coefficient (Wildman–Crippen LogP) is 12.5. The monoisotopic (exact) mass is 1510 g/mol. The van der Waals surface area contributed by atoms with E-state index < -0.39 is 17.5 Å². The third kappa shape index (κ3) is 17.0. The van der Waals surface area contributed by atoms with Gasteiger partial charge >= 0.3 is 0 Å². The van der Waals surface area contributed by atoms with Crippen molar-refractivity contribution in [1.29, 1.82) is 0 Å². The van der Waals surface area contributed by atoms with Gasteiger partial charge in [0, 0.05) is 145 Å². The van der Waals surface area contributed by atoms with Gasteiger partial charge in [-0.15, -0.1) is 15.3 Å². The summed E-state index contributed by atoms with van der Waals surface area (Å²) in [5.74, 6) is 8.93. The molecule has 6 atom stereocenters. The Kier molecular flexibility index (Phi) is 24.9. The van der Waals surface area contributed by atoms with Crippen molar-refractivity contribution in [2.75, 3.05) is 125 Å². The normalized spacial score (nSPS) is 17.8. The maximum atomic E-state index is 14.6. The van der Waals surface area contributed by atoms with E-state index in [1.165, 1.54) is 45.8 Å². The number of aromatic nitrogens is 12. The molecule has 0 bridgehead atoms. The first-order valence-electron chi connectivity index (χ1n) is 35.4. The summed E-state index contributed by atoms with van der Waals surface area (Å²) in [5.41, 5.74) is 6.11. The molecule has 0 radical (unpaired) electrons. The molecule has 12 aromatic rings. The second kappa shape index (κ2) is 34.9. The first-order valence-corrected chi connectivity index (χ1v) is 36.5. The van der Waals surface area contributed by atoms with Crippen molar-refractivity contribution in [2.45, 2.75) is 77.4 Å². The van der Waals surface area contributed by atoms with Crippen molar-refractivity contribution in [2.24, 2.45) is 17.8 Å². The highest BCUT2D eigenvalue weighted by Crippen LogP contribution is 2.37. The largest absolute Gasteiger partial charge is 0.497 e. The summed E-state index contributed by atoms with van der Waals surface area (Å²) in [4.78, 5) is 28.8. The number of hydrogen-bond donors (Lipinski definition) is 6. The lowest BCUT2D eigenvalue weighted by molar-refractivity contribution is 0.355. The second-order valence-electron chi connectivity index (χ2n) is 26.8. The summed E-state index contributed by atoms with van der Waals surface area (Å²) in [6.45, 7) is 13.3. The third-order valence-corrected chi connectivity index (χ3v) is 19.3. The zero-order valence-electron chi connectivity index (χ0n) is 62.6. The quantitative estimate of drug-likeness (QED) is 0.0365. The van der Waals surface area contributed by atoms with Crippen molar-refractivity contribution in [3.8, 4) is 51.7 Å². The number of halogens is 4. The molecule has 27 nitrogen and oxygen atoms in total. The van der Waals surface area contributed by atoms with Crippen LogP contribution in [0.15, 0.2) is 91.0 Å². The van der Waals surface area contributed by atoms with Crippen LogP contribution in [0.3, 0.4) is 0 Å². The summed E-state index contributed by atoms with van der Waals surface area (Å²) in [7, 11) is 14.0. The molecule has 3 aliphatic heterocycles. The number of fused-ring (bicyclic) bond motifs is 9. The van der Waals surface area contributed by atoms with Gasteiger partial charge in [-0.25, -0.2) is 43.1 Å². The Morgan fingerprint density at radius 1 is 0.380 bits per heavy atom. The van der Waals surface area contributed by atoms with Crippen LogP contribution in [0.4, 0.5) is 34.9 Å². The molecule has 3 saturated heterocycles. The van der Waals surface area contributed by atoms with Crippen molar-refractivity contribution in [1.82, 2.24) is 74.7 Å². The fourth-order valence-corrected chi connectivity index (χ4v) is 13.8. The van der Waals surface area contributed by atoms with Crippen molar-refractivity contribution < 1.29 is 59.7 Å².